The molecule has 0 N–H and O–H groups in total. The zero-order valence-electron chi connectivity index (χ0n) is 26.1. The molecular formula is C44H30N2OS. The molecule has 8 aromatic rings. The summed E-state index contributed by atoms with van der Waals surface area (Å²) in [4.78, 5) is 3.96. The van der Waals surface area contributed by atoms with Crippen molar-refractivity contribution in [1.82, 2.24) is 4.57 Å². The van der Waals surface area contributed by atoms with E-state index >= 15 is 4.21 Å². The quantitative estimate of drug-likeness (QED) is 0.177. The van der Waals surface area contributed by atoms with E-state index in [9.17, 15) is 0 Å². The summed E-state index contributed by atoms with van der Waals surface area (Å²) in [5.74, 6) is 4.53. The second kappa shape index (κ2) is 9.83. The van der Waals surface area contributed by atoms with Crippen molar-refractivity contribution in [3.05, 3.63) is 192 Å². The van der Waals surface area contributed by atoms with Gasteiger partial charge in [-0.15, -0.1) is 0 Å². The van der Waals surface area contributed by atoms with Crippen molar-refractivity contribution in [3.8, 4) is 5.69 Å². The molecular weight excluding hydrogens is 605 g/mol. The molecule has 0 saturated heterocycles. The summed E-state index contributed by atoms with van der Waals surface area (Å²) in [5.41, 5.74) is 10.2. The second-order valence-corrected chi connectivity index (χ2v) is 14.9. The zero-order valence-corrected chi connectivity index (χ0v) is 26.9. The highest BCUT2D eigenvalue weighted by Gasteiger charge is 2.53. The molecule has 1 spiro atoms. The SMILES string of the molecule is C=S1(=O)c2ccccc2C2(c3ccccc3N(c3ccccc3)c3ccccc32)c2c1ccc1c2c2ccccc2n1-c1ccccc1. The third kappa shape index (κ3) is 3.37. The third-order valence-corrected chi connectivity index (χ3v) is 12.4. The van der Waals surface area contributed by atoms with E-state index < -0.39 is 14.9 Å². The van der Waals surface area contributed by atoms with Crippen molar-refractivity contribution < 1.29 is 4.21 Å². The lowest BCUT2D eigenvalue weighted by atomic mass is 9.61. The minimum Gasteiger partial charge on any atom is -0.310 e. The van der Waals surface area contributed by atoms with Gasteiger partial charge in [0.25, 0.3) is 0 Å². The fourth-order valence-electron chi connectivity index (χ4n) is 8.52. The molecule has 1 unspecified atom stereocenters. The number of aromatic nitrogens is 1. The Morgan fingerprint density at radius 2 is 1.02 bits per heavy atom. The maximum atomic E-state index is 15.3. The molecule has 0 amide bonds. The van der Waals surface area contributed by atoms with Gasteiger partial charge in [0, 0.05) is 41.5 Å². The Bertz CT molecular complexity index is 2640. The summed E-state index contributed by atoms with van der Waals surface area (Å²) in [5, 5.41) is 2.23. The first-order chi connectivity index (χ1) is 23.6. The summed E-state index contributed by atoms with van der Waals surface area (Å²) in [6, 6.07) is 59.8. The predicted octanol–water partition coefficient (Wildman–Crippen LogP) is 10.4. The summed E-state index contributed by atoms with van der Waals surface area (Å²) in [7, 11) is -2.89. The van der Waals surface area contributed by atoms with Crippen LogP contribution in [0.4, 0.5) is 17.1 Å². The number of nitrogens with zero attached hydrogens (tertiary/aromatic N) is 2. The van der Waals surface area contributed by atoms with Gasteiger partial charge in [0.1, 0.15) is 0 Å². The molecule has 0 aliphatic carbocycles. The van der Waals surface area contributed by atoms with E-state index in [0.717, 1.165) is 76.6 Å². The summed E-state index contributed by atoms with van der Waals surface area (Å²) >= 11 is 0. The Balaban J connectivity index is 1.47. The molecule has 1 aromatic heterocycles. The molecule has 48 heavy (non-hydrogen) atoms. The third-order valence-electron chi connectivity index (χ3n) is 10.3. The number of hydrogen-bond donors (Lipinski definition) is 0. The van der Waals surface area contributed by atoms with Crippen LogP contribution in [-0.2, 0) is 14.9 Å². The van der Waals surface area contributed by atoms with Gasteiger partial charge in [-0.1, -0.05) is 109 Å². The van der Waals surface area contributed by atoms with E-state index in [0.29, 0.717) is 0 Å². The van der Waals surface area contributed by atoms with E-state index in [-0.39, 0.29) is 0 Å². The average Bonchev–Trinajstić information content (AvgIpc) is 3.48. The highest BCUT2D eigenvalue weighted by Crippen LogP contribution is 2.63. The second-order valence-electron chi connectivity index (χ2n) is 12.6. The number of benzene rings is 7. The van der Waals surface area contributed by atoms with Gasteiger partial charge in [0.2, 0.25) is 0 Å². The van der Waals surface area contributed by atoms with Crippen molar-refractivity contribution >= 4 is 54.3 Å². The molecule has 3 heterocycles. The lowest BCUT2D eigenvalue weighted by Gasteiger charge is -2.49. The molecule has 0 radical (unpaired) electrons. The molecule has 0 bridgehead atoms. The smallest absolute Gasteiger partial charge is 0.0772 e. The maximum Gasteiger partial charge on any atom is 0.0772 e. The van der Waals surface area contributed by atoms with Crippen molar-refractivity contribution in [3.63, 3.8) is 0 Å². The van der Waals surface area contributed by atoms with Crippen LogP contribution in [-0.4, -0.2) is 14.6 Å². The van der Waals surface area contributed by atoms with Gasteiger partial charge in [-0.25, -0.2) is 0 Å². The molecule has 228 valence electrons. The van der Waals surface area contributed by atoms with E-state index in [1.165, 1.54) is 0 Å². The number of fused-ring (bicyclic) bond motifs is 12. The van der Waals surface area contributed by atoms with Gasteiger partial charge in [0.15, 0.2) is 0 Å². The first-order valence-corrected chi connectivity index (χ1v) is 18.0. The van der Waals surface area contributed by atoms with Gasteiger partial charge in [-0.3, -0.25) is 4.21 Å². The van der Waals surface area contributed by atoms with Gasteiger partial charge in [0.05, 0.1) is 27.8 Å². The molecule has 7 aromatic carbocycles. The van der Waals surface area contributed by atoms with Crippen LogP contribution in [0.25, 0.3) is 27.5 Å². The van der Waals surface area contributed by atoms with Crippen molar-refractivity contribution in [1.29, 1.82) is 0 Å². The fourth-order valence-corrected chi connectivity index (χ4v) is 10.5. The van der Waals surface area contributed by atoms with Crippen LogP contribution in [0.5, 0.6) is 0 Å². The number of rotatable bonds is 2. The highest BCUT2D eigenvalue weighted by atomic mass is 32.2. The van der Waals surface area contributed by atoms with Crippen molar-refractivity contribution in [2.24, 2.45) is 0 Å². The van der Waals surface area contributed by atoms with Gasteiger partial charge in [-0.05, 0) is 88.8 Å². The van der Waals surface area contributed by atoms with Crippen LogP contribution in [0.2, 0.25) is 0 Å². The topological polar surface area (TPSA) is 25.2 Å². The summed E-state index contributed by atoms with van der Waals surface area (Å²) in [6.45, 7) is 0. The average molecular weight is 635 g/mol. The Kier molecular flexibility index (Phi) is 5.59. The molecule has 2 aliphatic rings. The highest BCUT2D eigenvalue weighted by molar-refractivity contribution is 8.00. The molecule has 2 aliphatic heterocycles. The van der Waals surface area contributed by atoms with E-state index in [4.69, 9.17) is 0 Å². The first kappa shape index (κ1) is 27.3. The number of para-hydroxylation sites is 5. The predicted molar refractivity (Wildman–Crippen MR) is 199 cm³/mol. The minimum absolute atomic E-state index is 0.784. The lowest BCUT2D eigenvalue weighted by Crippen LogP contribution is -2.42. The van der Waals surface area contributed by atoms with E-state index in [2.05, 4.69) is 173 Å². The Morgan fingerprint density at radius 3 is 1.71 bits per heavy atom. The van der Waals surface area contributed by atoms with Crippen molar-refractivity contribution in [2.45, 2.75) is 15.2 Å². The van der Waals surface area contributed by atoms with Crippen LogP contribution >= 0.6 is 0 Å². The van der Waals surface area contributed by atoms with E-state index in [1.54, 1.807) is 0 Å². The standard InChI is InChI=1S/C44H30N2OS/c1-48(47)40-27-15-11-23-35(40)44(33-21-9-13-25-37(33)46(31-18-6-3-7-19-31)38-26-14-10-22-34(38)44)43-41(48)29-28-39-42(43)32-20-8-12-24-36(32)45(39)30-16-4-2-5-17-30/h2-29H,1H2. The minimum atomic E-state index is -2.89. The van der Waals surface area contributed by atoms with Gasteiger partial charge < -0.3 is 9.47 Å². The van der Waals surface area contributed by atoms with Crippen molar-refractivity contribution in [2.75, 3.05) is 4.90 Å². The van der Waals surface area contributed by atoms with Gasteiger partial charge >= 0.3 is 0 Å². The van der Waals surface area contributed by atoms with Crippen LogP contribution in [0.15, 0.2) is 180 Å². The molecule has 3 nitrogen and oxygen atoms in total. The Labute approximate surface area is 280 Å². The number of anilines is 3. The summed E-state index contributed by atoms with van der Waals surface area (Å²) < 4.78 is 17.7. The van der Waals surface area contributed by atoms with Crippen LogP contribution in [0, 0.1) is 0 Å². The molecule has 10 rings (SSSR count). The molecule has 4 heteroatoms. The molecule has 0 saturated carbocycles. The van der Waals surface area contributed by atoms with Crippen LogP contribution in [0.3, 0.4) is 0 Å². The van der Waals surface area contributed by atoms with Crippen LogP contribution in [0.1, 0.15) is 22.3 Å². The van der Waals surface area contributed by atoms with E-state index in [1.807, 2.05) is 12.1 Å². The zero-order chi connectivity index (χ0) is 32.0. The monoisotopic (exact) mass is 634 g/mol. The largest absolute Gasteiger partial charge is 0.310 e. The first-order valence-electron chi connectivity index (χ1n) is 16.2. The Morgan fingerprint density at radius 1 is 0.479 bits per heavy atom. The summed E-state index contributed by atoms with van der Waals surface area (Å²) in [6.07, 6.45) is 0. The maximum absolute atomic E-state index is 15.3. The molecule has 1 atom stereocenters. The molecule has 0 fully saturated rings. The lowest BCUT2D eigenvalue weighted by molar-refractivity contribution is 0.652. The normalized spacial score (nSPS) is 17.1. The Hall–Kier alpha value is -5.84. The fraction of sp³-hybridized carbons (Fsp3) is 0.0227. The van der Waals surface area contributed by atoms with Gasteiger partial charge in [-0.2, -0.15) is 0 Å². The van der Waals surface area contributed by atoms with Crippen LogP contribution < -0.4 is 4.90 Å². The number of hydrogen-bond acceptors (Lipinski definition) is 2.